The summed E-state index contributed by atoms with van der Waals surface area (Å²) in [6.45, 7) is 2.84. The molecule has 0 aliphatic heterocycles. The number of benzene rings is 1. The summed E-state index contributed by atoms with van der Waals surface area (Å²) in [5.74, 6) is 0.893. The molecule has 0 aliphatic carbocycles. The van der Waals surface area contributed by atoms with Crippen LogP contribution in [-0.4, -0.2) is 11.6 Å². The zero-order valence-electron chi connectivity index (χ0n) is 10.5. The van der Waals surface area contributed by atoms with Gasteiger partial charge in [-0.3, -0.25) is 0 Å². The van der Waals surface area contributed by atoms with Crippen molar-refractivity contribution in [2.75, 3.05) is 6.61 Å². The first-order chi connectivity index (χ1) is 8.79. The van der Waals surface area contributed by atoms with E-state index in [1.165, 1.54) is 0 Å². The van der Waals surface area contributed by atoms with E-state index >= 15 is 0 Å². The van der Waals surface area contributed by atoms with Gasteiger partial charge in [0.05, 0.1) is 11.6 Å². The minimum Gasteiger partial charge on any atom is -0.494 e. The summed E-state index contributed by atoms with van der Waals surface area (Å²) in [6, 6.07) is 7.99. The number of nitrogens with two attached hydrogens (primary N) is 1. The van der Waals surface area contributed by atoms with Crippen molar-refractivity contribution in [2.24, 2.45) is 5.73 Å². The lowest BCUT2D eigenvalue weighted by Crippen LogP contribution is -2.13. The Morgan fingerprint density at radius 1 is 1.44 bits per heavy atom. The predicted molar refractivity (Wildman–Crippen MR) is 75.0 cm³/mol. The first-order valence-corrected chi connectivity index (χ1v) is 7.04. The smallest absolute Gasteiger partial charge is 0.119 e. The molecule has 96 valence electrons. The Labute approximate surface area is 112 Å². The topological polar surface area (TPSA) is 48.1 Å². The van der Waals surface area contributed by atoms with Gasteiger partial charge in [0.1, 0.15) is 5.75 Å². The summed E-state index contributed by atoms with van der Waals surface area (Å²) in [7, 11) is 0. The Kier molecular flexibility index (Phi) is 4.73. The molecular formula is C14H18N2OS. The van der Waals surface area contributed by atoms with Crippen molar-refractivity contribution in [2.45, 2.75) is 25.8 Å². The third-order valence-corrected chi connectivity index (χ3v) is 3.44. The van der Waals surface area contributed by atoms with Gasteiger partial charge < -0.3 is 10.5 Å². The number of ether oxygens (including phenoxy) is 1. The number of hydrogen-bond donors (Lipinski definition) is 1. The monoisotopic (exact) mass is 262 g/mol. The van der Waals surface area contributed by atoms with Gasteiger partial charge in [0.2, 0.25) is 0 Å². The molecule has 0 fully saturated rings. The second kappa shape index (κ2) is 6.52. The van der Waals surface area contributed by atoms with Crippen molar-refractivity contribution in [1.29, 1.82) is 0 Å². The molecule has 1 atom stereocenters. The van der Waals surface area contributed by atoms with E-state index in [0.717, 1.165) is 35.8 Å². The Morgan fingerprint density at radius 3 is 3.06 bits per heavy atom. The SMILES string of the molecule is CCCOc1cccc(C(N)Cc2nccs2)c1. The van der Waals surface area contributed by atoms with Crippen molar-refractivity contribution in [3.8, 4) is 5.75 Å². The maximum absolute atomic E-state index is 6.19. The lowest BCUT2D eigenvalue weighted by atomic mass is 10.0. The van der Waals surface area contributed by atoms with Crippen LogP contribution in [0.15, 0.2) is 35.8 Å². The van der Waals surface area contributed by atoms with E-state index in [-0.39, 0.29) is 6.04 Å². The lowest BCUT2D eigenvalue weighted by molar-refractivity contribution is 0.317. The van der Waals surface area contributed by atoms with Gasteiger partial charge >= 0.3 is 0 Å². The van der Waals surface area contributed by atoms with Crippen LogP contribution in [0.5, 0.6) is 5.75 Å². The van der Waals surface area contributed by atoms with Crippen molar-refractivity contribution in [3.63, 3.8) is 0 Å². The molecule has 1 unspecified atom stereocenters. The Bertz CT molecular complexity index is 470. The normalized spacial score (nSPS) is 12.3. The Hall–Kier alpha value is -1.39. The highest BCUT2D eigenvalue weighted by Gasteiger charge is 2.09. The average Bonchev–Trinajstić information content (AvgIpc) is 2.89. The molecule has 0 bridgehead atoms. The largest absolute Gasteiger partial charge is 0.494 e. The quantitative estimate of drug-likeness (QED) is 0.869. The van der Waals surface area contributed by atoms with Gasteiger partial charge in [-0.1, -0.05) is 19.1 Å². The molecule has 1 heterocycles. The fraction of sp³-hybridized carbons (Fsp3) is 0.357. The fourth-order valence-corrected chi connectivity index (χ4v) is 2.39. The van der Waals surface area contributed by atoms with E-state index in [0.29, 0.717) is 0 Å². The molecule has 1 aromatic carbocycles. The average molecular weight is 262 g/mol. The van der Waals surface area contributed by atoms with Crippen LogP contribution in [0.25, 0.3) is 0 Å². The molecule has 0 aliphatic rings. The van der Waals surface area contributed by atoms with Crippen LogP contribution in [0.1, 0.15) is 30.0 Å². The number of hydrogen-bond acceptors (Lipinski definition) is 4. The van der Waals surface area contributed by atoms with E-state index in [9.17, 15) is 0 Å². The summed E-state index contributed by atoms with van der Waals surface area (Å²) >= 11 is 1.64. The van der Waals surface area contributed by atoms with Gasteiger partial charge in [-0.2, -0.15) is 0 Å². The zero-order chi connectivity index (χ0) is 12.8. The highest BCUT2D eigenvalue weighted by molar-refractivity contribution is 7.09. The van der Waals surface area contributed by atoms with Crippen LogP contribution in [0.4, 0.5) is 0 Å². The lowest BCUT2D eigenvalue weighted by Gasteiger charge is -2.12. The number of thiazole rings is 1. The standard InChI is InChI=1S/C14H18N2OS/c1-2-7-17-12-5-3-4-11(9-12)13(15)10-14-16-6-8-18-14/h3-6,8-9,13H,2,7,10,15H2,1H3. The third kappa shape index (κ3) is 3.55. The van der Waals surface area contributed by atoms with E-state index in [1.54, 1.807) is 11.3 Å². The third-order valence-electron chi connectivity index (χ3n) is 2.64. The molecule has 2 rings (SSSR count). The second-order valence-corrected chi connectivity index (χ2v) is 5.14. The maximum Gasteiger partial charge on any atom is 0.119 e. The van der Waals surface area contributed by atoms with Crippen LogP contribution in [0.3, 0.4) is 0 Å². The summed E-state index contributed by atoms with van der Waals surface area (Å²) in [4.78, 5) is 4.26. The van der Waals surface area contributed by atoms with Crippen LogP contribution in [0.2, 0.25) is 0 Å². The zero-order valence-corrected chi connectivity index (χ0v) is 11.3. The summed E-state index contributed by atoms with van der Waals surface area (Å²) in [5.41, 5.74) is 7.29. The molecule has 18 heavy (non-hydrogen) atoms. The predicted octanol–water partition coefficient (Wildman–Crippen LogP) is 3.17. The van der Waals surface area contributed by atoms with Gasteiger partial charge in [-0.15, -0.1) is 11.3 Å². The van der Waals surface area contributed by atoms with Crippen molar-refractivity contribution in [1.82, 2.24) is 4.98 Å². The fourth-order valence-electron chi connectivity index (χ4n) is 1.71. The first kappa shape index (κ1) is 13.1. The Balaban J connectivity index is 2.03. The van der Waals surface area contributed by atoms with Gasteiger partial charge in [-0.25, -0.2) is 4.98 Å². The van der Waals surface area contributed by atoms with E-state index in [4.69, 9.17) is 10.5 Å². The summed E-state index contributed by atoms with van der Waals surface area (Å²) in [6.07, 6.45) is 3.60. The number of aromatic nitrogens is 1. The van der Waals surface area contributed by atoms with Crippen LogP contribution in [-0.2, 0) is 6.42 Å². The van der Waals surface area contributed by atoms with Crippen LogP contribution in [0, 0.1) is 0 Å². The molecule has 0 amide bonds. The van der Waals surface area contributed by atoms with E-state index in [1.807, 2.05) is 35.8 Å². The highest BCUT2D eigenvalue weighted by Crippen LogP contribution is 2.21. The molecule has 1 aromatic heterocycles. The highest BCUT2D eigenvalue weighted by atomic mass is 32.1. The molecule has 0 radical (unpaired) electrons. The van der Waals surface area contributed by atoms with Crippen molar-refractivity contribution >= 4 is 11.3 Å². The molecule has 4 heteroatoms. The van der Waals surface area contributed by atoms with Gasteiger partial charge in [-0.05, 0) is 24.1 Å². The minimum absolute atomic E-state index is 0.0265. The van der Waals surface area contributed by atoms with E-state index < -0.39 is 0 Å². The maximum atomic E-state index is 6.19. The molecule has 2 aromatic rings. The van der Waals surface area contributed by atoms with Crippen molar-refractivity contribution < 1.29 is 4.74 Å². The molecular weight excluding hydrogens is 244 g/mol. The summed E-state index contributed by atoms with van der Waals surface area (Å²) in [5, 5.41) is 3.05. The molecule has 2 N–H and O–H groups in total. The first-order valence-electron chi connectivity index (χ1n) is 6.16. The van der Waals surface area contributed by atoms with Crippen molar-refractivity contribution in [3.05, 3.63) is 46.4 Å². The van der Waals surface area contributed by atoms with E-state index in [2.05, 4.69) is 11.9 Å². The summed E-state index contributed by atoms with van der Waals surface area (Å²) < 4.78 is 5.61. The minimum atomic E-state index is -0.0265. The Morgan fingerprint density at radius 2 is 2.33 bits per heavy atom. The number of nitrogens with zero attached hydrogens (tertiary/aromatic N) is 1. The molecule has 3 nitrogen and oxygen atoms in total. The van der Waals surface area contributed by atoms with Gasteiger partial charge in [0.15, 0.2) is 0 Å². The second-order valence-electron chi connectivity index (χ2n) is 4.16. The molecule has 0 spiro atoms. The van der Waals surface area contributed by atoms with Crippen LogP contribution >= 0.6 is 11.3 Å². The number of rotatable bonds is 6. The van der Waals surface area contributed by atoms with Crippen LogP contribution < -0.4 is 10.5 Å². The van der Waals surface area contributed by atoms with Gasteiger partial charge in [0, 0.05) is 24.0 Å². The molecule has 0 saturated carbocycles. The molecule has 0 saturated heterocycles. The van der Waals surface area contributed by atoms with Gasteiger partial charge in [0.25, 0.3) is 0 Å².